The van der Waals surface area contributed by atoms with Crippen molar-refractivity contribution in [3.63, 3.8) is 0 Å². The monoisotopic (exact) mass is 406 g/mol. The number of hydrogen-bond donors (Lipinski definition) is 1. The van der Waals surface area contributed by atoms with Gasteiger partial charge in [0.05, 0.1) is 5.75 Å². The number of aryl methyl sites for hydroxylation is 1. The zero-order chi connectivity index (χ0) is 20.5. The highest BCUT2D eigenvalue weighted by Crippen LogP contribution is 2.23. The zero-order valence-electron chi connectivity index (χ0n) is 16.6. The van der Waals surface area contributed by atoms with Gasteiger partial charge in [0, 0.05) is 18.2 Å². The molecule has 0 aliphatic rings. The van der Waals surface area contributed by atoms with Crippen LogP contribution < -0.4 is 5.32 Å². The first-order valence-electron chi connectivity index (χ1n) is 9.73. The summed E-state index contributed by atoms with van der Waals surface area (Å²) in [6.45, 7) is 6.46. The Morgan fingerprint density at radius 1 is 1.14 bits per heavy atom. The number of carbonyl (C=O) groups is 1. The molecule has 0 aliphatic heterocycles. The van der Waals surface area contributed by atoms with Crippen LogP contribution in [-0.2, 0) is 17.8 Å². The summed E-state index contributed by atoms with van der Waals surface area (Å²) in [6.07, 6.45) is 3.67. The summed E-state index contributed by atoms with van der Waals surface area (Å²) in [5.74, 6) is 1.09. The van der Waals surface area contributed by atoms with Gasteiger partial charge in [-0.15, -0.1) is 16.8 Å². The van der Waals surface area contributed by atoms with Gasteiger partial charge in [-0.3, -0.25) is 9.36 Å². The molecular weight excluding hydrogens is 380 g/mol. The van der Waals surface area contributed by atoms with Crippen LogP contribution in [0.1, 0.15) is 18.9 Å². The Labute approximate surface area is 176 Å². The molecule has 5 nitrogen and oxygen atoms in total. The molecule has 150 valence electrons. The third-order valence-electron chi connectivity index (χ3n) is 4.51. The van der Waals surface area contributed by atoms with E-state index in [4.69, 9.17) is 0 Å². The molecule has 1 aromatic heterocycles. The van der Waals surface area contributed by atoms with Crippen LogP contribution in [0.15, 0.2) is 78.5 Å². The fourth-order valence-corrected chi connectivity index (χ4v) is 3.80. The molecule has 1 amide bonds. The summed E-state index contributed by atoms with van der Waals surface area (Å²) in [7, 11) is 0. The van der Waals surface area contributed by atoms with E-state index in [1.54, 1.807) is 0 Å². The number of amides is 1. The minimum atomic E-state index is 0.00461. The maximum absolute atomic E-state index is 12.4. The number of carbonyl (C=O) groups excluding carboxylic acids is 1. The number of hydrogen-bond acceptors (Lipinski definition) is 4. The molecule has 0 radical (unpaired) electrons. The van der Waals surface area contributed by atoms with Crippen LogP contribution in [0.3, 0.4) is 0 Å². The maximum Gasteiger partial charge on any atom is 0.230 e. The minimum absolute atomic E-state index is 0.00461. The number of aromatic nitrogens is 3. The van der Waals surface area contributed by atoms with Crippen molar-refractivity contribution < 1.29 is 4.79 Å². The first-order chi connectivity index (χ1) is 14.2. The molecule has 3 aromatic rings. The van der Waals surface area contributed by atoms with Gasteiger partial charge in [0.1, 0.15) is 0 Å². The minimum Gasteiger partial charge on any atom is -0.353 e. The van der Waals surface area contributed by atoms with E-state index >= 15 is 0 Å². The summed E-state index contributed by atoms with van der Waals surface area (Å²) in [5.41, 5.74) is 2.28. The molecule has 1 unspecified atom stereocenters. The fourth-order valence-electron chi connectivity index (χ4n) is 3.04. The molecule has 0 saturated carbocycles. The molecule has 0 fully saturated rings. The van der Waals surface area contributed by atoms with E-state index in [-0.39, 0.29) is 11.9 Å². The van der Waals surface area contributed by atoms with E-state index in [0.29, 0.717) is 12.3 Å². The SMILES string of the molecule is C=CCn1c(SCC(=O)NC(C)CCc2ccccc2)nnc1-c1ccccc1. The molecule has 29 heavy (non-hydrogen) atoms. The molecule has 3 rings (SSSR count). The van der Waals surface area contributed by atoms with E-state index in [9.17, 15) is 4.79 Å². The zero-order valence-corrected chi connectivity index (χ0v) is 17.4. The maximum atomic E-state index is 12.4. The molecule has 0 aliphatic carbocycles. The highest BCUT2D eigenvalue weighted by Gasteiger charge is 2.15. The molecule has 2 aromatic carbocycles. The van der Waals surface area contributed by atoms with E-state index in [0.717, 1.165) is 29.4 Å². The van der Waals surface area contributed by atoms with Gasteiger partial charge in [0.15, 0.2) is 11.0 Å². The van der Waals surface area contributed by atoms with Crippen LogP contribution in [0.5, 0.6) is 0 Å². The van der Waals surface area contributed by atoms with E-state index < -0.39 is 0 Å². The second-order valence-electron chi connectivity index (χ2n) is 6.85. The Kier molecular flexibility index (Phi) is 7.64. The van der Waals surface area contributed by atoms with Crippen LogP contribution in [0.25, 0.3) is 11.4 Å². The van der Waals surface area contributed by atoms with Crippen molar-refractivity contribution >= 4 is 17.7 Å². The number of nitrogens with zero attached hydrogens (tertiary/aromatic N) is 3. The number of nitrogens with one attached hydrogen (secondary N) is 1. The molecule has 0 saturated heterocycles. The smallest absolute Gasteiger partial charge is 0.230 e. The molecule has 1 atom stereocenters. The predicted octanol–water partition coefficient (Wildman–Crippen LogP) is 4.36. The molecule has 0 bridgehead atoms. The summed E-state index contributed by atoms with van der Waals surface area (Å²) in [4.78, 5) is 12.4. The highest BCUT2D eigenvalue weighted by molar-refractivity contribution is 7.99. The van der Waals surface area contributed by atoms with E-state index in [1.165, 1.54) is 17.3 Å². The van der Waals surface area contributed by atoms with Gasteiger partial charge in [-0.2, -0.15) is 0 Å². The van der Waals surface area contributed by atoms with Crippen molar-refractivity contribution in [2.75, 3.05) is 5.75 Å². The second kappa shape index (κ2) is 10.6. The lowest BCUT2D eigenvalue weighted by atomic mass is 10.1. The average molecular weight is 407 g/mol. The van der Waals surface area contributed by atoms with E-state index in [1.807, 2.05) is 66.1 Å². The van der Waals surface area contributed by atoms with Crippen molar-refractivity contribution in [1.82, 2.24) is 20.1 Å². The van der Waals surface area contributed by atoms with Gasteiger partial charge in [-0.05, 0) is 25.3 Å². The van der Waals surface area contributed by atoms with Crippen LogP contribution in [0.4, 0.5) is 0 Å². The van der Waals surface area contributed by atoms with Crippen LogP contribution in [0.2, 0.25) is 0 Å². The number of rotatable bonds is 10. The van der Waals surface area contributed by atoms with Crippen molar-refractivity contribution in [2.45, 2.75) is 37.5 Å². The summed E-state index contributed by atoms with van der Waals surface area (Å²) in [6, 6.07) is 20.3. The Morgan fingerprint density at radius 3 is 2.52 bits per heavy atom. The topological polar surface area (TPSA) is 59.8 Å². The normalized spacial score (nSPS) is 11.8. The number of allylic oxidation sites excluding steroid dienone is 1. The lowest BCUT2D eigenvalue weighted by Gasteiger charge is -2.14. The van der Waals surface area contributed by atoms with Gasteiger partial charge in [-0.25, -0.2) is 0 Å². The highest BCUT2D eigenvalue weighted by atomic mass is 32.2. The van der Waals surface area contributed by atoms with Gasteiger partial charge in [-0.1, -0.05) is 78.5 Å². The van der Waals surface area contributed by atoms with Gasteiger partial charge in [0.25, 0.3) is 0 Å². The lowest BCUT2D eigenvalue weighted by Crippen LogP contribution is -2.34. The van der Waals surface area contributed by atoms with Gasteiger partial charge < -0.3 is 5.32 Å². The Bertz CT molecular complexity index is 925. The molecule has 6 heteroatoms. The largest absolute Gasteiger partial charge is 0.353 e. The lowest BCUT2D eigenvalue weighted by molar-refractivity contribution is -0.119. The second-order valence-corrected chi connectivity index (χ2v) is 7.80. The summed E-state index contributed by atoms with van der Waals surface area (Å²) >= 11 is 1.40. The number of benzene rings is 2. The van der Waals surface area contributed by atoms with Crippen LogP contribution in [-0.4, -0.2) is 32.5 Å². The van der Waals surface area contributed by atoms with Gasteiger partial charge in [0.2, 0.25) is 5.91 Å². The van der Waals surface area contributed by atoms with Gasteiger partial charge >= 0.3 is 0 Å². The standard InChI is InChI=1S/C23H26N4OS/c1-3-16-27-22(20-12-8-5-9-13-20)25-26-23(27)29-17-21(28)24-18(2)14-15-19-10-6-4-7-11-19/h3-13,18H,1,14-17H2,2H3,(H,24,28). The Hall–Kier alpha value is -2.86. The third kappa shape index (κ3) is 6.06. The average Bonchev–Trinajstić information content (AvgIpc) is 3.15. The fraction of sp³-hybridized carbons (Fsp3) is 0.261. The third-order valence-corrected chi connectivity index (χ3v) is 5.48. The Morgan fingerprint density at radius 2 is 1.83 bits per heavy atom. The van der Waals surface area contributed by atoms with Crippen molar-refractivity contribution in [3.05, 3.63) is 78.9 Å². The van der Waals surface area contributed by atoms with Crippen molar-refractivity contribution in [1.29, 1.82) is 0 Å². The molecule has 1 N–H and O–H groups in total. The van der Waals surface area contributed by atoms with Crippen molar-refractivity contribution in [2.24, 2.45) is 0 Å². The summed E-state index contributed by atoms with van der Waals surface area (Å²) < 4.78 is 1.99. The number of thioether (sulfide) groups is 1. The molecule has 1 heterocycles. The quantitative estimate of drug-likeness (QED) is 0.401. The molecular formula is C23H26N4OS. The predicted molar refractivity (Wildman–Crippen MR) is 119 cm³/mol. The van der Waals surface area contributed by atoms with Crippen molar-refractivity contribution in [3.8, 4) is 11.4 Å². The van der Waals surface area contributed by atoms with Crippen LogP contribution >= 0.6 is 11.8 Å². The first kappa shape index (κ1) is 20.9. The molecule has 0 spiro atoms. The summed E-state index contributed by atoms with van der Waals surface area (Å²) in [5, 5.41) is 12.4. The first-order valence-corrected chi connectivity index (χ1v) is 10.7. The Balaban J connectivity index is 1.54. The van der Waals surface area contributed by atoms with E-state index in [2.05, 4.69) is 34.2 Å². The van der Waals surface area contributed by atoms with Crippen LogP contribution in [0, 0.1) is 0 Å².